The summed E-state index contributed by atoms with van der Waals surface area (Å²) in [5.41, 5.74) is 3.27. The average molecular weight is 504 g/mol. The van der Waals surface area contributed by atoms with E-state index in [-0.39, 0.29) is 36.6 Å². The molecule has 0 fully saturated rings. The molecular formula is C24H24F3N5O2S. The van der Waals surface area contributed by atoms with Gasteiger partial charge in [0, 0.05) is 43.7 Å². The molecule has 0 unspecified atom stereocenters. The van der Waals surface area contributed by atoms with Crippen molar-refractivity contribution in [2.45, 2.75) is 31.9 Å². The molecule has 1 aliphatic heterocycles. The molecule has 184 valence electrons. The first-order valence-electron chi connectivity index (χ1n) is 10.8. The lowest BCUT2D eigenvalue weighted by Crippen LogP contribution is -2.27. The van der Waals surface area contributed by atoms with Crippen LogP contribution in [-0.4, -0.2) is 36.7 Å². The van der Waals surface area contributed by atoms with Crippen LogP contribution in [-0.2, 0) is 41.9 Å². The van der Waals surface area contributed by atoms with E-state index in [0.29, 0.717) is 12.0 Å². The number of sulfonamides is 1. The summed E-state index contributed by atoms with van der Waals surface area (Å²) in [6.07, 6.45) is -0.294. The third-order valence-electron chi connectivity index (χ3n) is 5.76. The number of alkyl halides is 3. The van der Waals surface area contributed by atoms with Gasteiger partial charge in [0.05, 0.1) is 17.5 Å². The topological polar surface area (TPSA) is 88.1 Å². The van der Waals surface area contributed by atoms with E-state index in [1.54, 1.807) is 12.1 Å². The molecule has 0 radical (unpaired) electrons. The first kappa shape index (κ1) is 24.6. The molecule has 1 aliphatic rings. The molecule has 1 N–H and O–H groups in total. The SMILES string of the molecule is C=C1Cc2cc(Cc3ncc(C(F)(F)F)c(CCc4cccnc4N(C)S(C)(=O)=O)n3)ccc2N1. The summed E-state index contributed by atoms with van der Waals surface area (Å²) < 4.78 is 66.0. The van der Waals surface area contributed by atoms with Gasteiger partial charge in [-0.25, -0.2) is 23.4 Å². The number of aromatic nitrogens is 3. The van der Waals surface area contributed by atoms with Gasteiger partial charge in [-0.1, -0.05) is 24.8 Å². The zero-order valence-corrected chi connectivity index (χ0v) is 20.0. The van der Waals surface area contributed by atoms with Crippen molar-refractivity contribution in [1.82, 2.24) is 15.0 Å². The molecule has 11 heteroatoms. The Morgan fingerprint density at radius 1 is 1.17 bits per heavy atom. The van der Waals surface area contributed by atoms with Crippen LogP contribution in [0.5, 0.6) is 0 Å². The summed E-state index contributed by atoms with van der Waals surface area (Å²) in [7, 11) is -2.23. The average Bonchev–Trinajstić information content (AvgIpc) is 3.15. The van der Waals surface area contributed by atoms with Crippen LogP contribution in [0.25, 0.3) is 0 Å². The molecule has 1 aromatic carbocycles. The van der Waals surface area contributed by atoms with E-state index in [0.717, 1.165) is 39.3 Å². The van der Waals surface area contributed by atoms with Crippen LogP contribution in [0, 0.1) is 0 Å². The Bertz CT molecular complexity index is 1390. The molecule has 0 saturated heterocycles. The van der Waals surface area contributed by atoms with Crippen LogP contribution < -0.4 is 9.62 Å². The molecule has 0 saturated carbocycles. The molecule has 3 heterocycles. The van der Waals surface area contributed by atoms with Crippen molar-refractivity contribution < 1.29 is 21.6 Å². The van der Waals surface area contributed by atoms with E-state index in [2.05, 4.69) is 26.8 Å². The highest BCUT2D eigenvalue weighted by atomic mass is 32.2. The number of rotatable bonds is 7. The van der Waals surface area contributed by atoms with Gasteiger partial charge in [-0.05, 0) is 41.7 Å². The van der Waals surface area contributed by atoms with E-state index < -0.39 is 21.8 Å². The zero-order chi connectivity index (χ0) is 25.4. The maximum absolute atomic E-state index is 13.7. The summed E-state index contributed by atoms with van der Waals surface area (Å²) >= 11 is 0. The Morgan fingerprint density at radius 2 is 1.94 bits per heavy atom. The largest absolute Gasteiger partial charge is 0.419 e. The van der Waals surface area contributed by atoms with Crippen molar-refractivity contribution in [2.75, 3.05) is 22.9 Å². The number of nitrogens with zero attached hydrogens (tertiary/aromatic N) is 4. The fourth-order valence-electron chi connectivity index (χ4n) is 3.96. The maximum atomic E-state index is 13.7. The van der Waals surface area contributed by atoms with Crippen molar-refractivity contribution >= 4 is 21.5 Å². The number of anilines is 2. The molecule has 3 aromatic rings. The first-order chi connectivity index (χ1) is 16.4. The number of aryl methyl sites for hydroxylation is 2. The molecule has 0 atom stereocenters. The van der Waals surface area contributed by atoms with Crippen molar-refractivity contribution in [3.8, 4) is 0 Å². The van der Waals surface area contributed by atoms with Crippen molar-refractivity contribution in [1.29, 1.82) is 0 Å². The monoisotopic (exact) mass is 503 g/mol. The summed E-state index contributed by atoms with van der Waals surface area (Å²) in [4.78, 5) is 12.4. The molecule has 35 heavy (non-hydrogen) atoms. The molecule has 2 aromatic heterocycles. The first-order valence-corrected chi connectivity index (χ1v) is 12.6. The lowest BCUT2D eigenvalue weighted by molar-refractivity contribution is -0.138. The summed E-state index contributed by atoms with van der Waals surface area (Å²) in [6.45, 7) is 3.92. The summed E-state index contributed by atoms with van der Waals surface area (Å²) in [5.74, 6) is 0.448. The molecule has 7 nitrogen and oxygen atoms in total. The van der Waals surface area contributed by atoms with Gasteiger partial charge in [0.2, 0.25) is 10.0 Å². The summed E-state index contributed by atoms with van der Waals surface area (Å²) in [5, 5.41) is 3.18. The molecule has 0 amide bonds. The number of pyridine rings is 1. The zero-order valence-electron chi connectivity index (χ0n) is 19.2. The highest BCUT2D eigenvalue weighted by molar-refractivity contribution is 7.92. The minimum atomic E-state index is -4.62. The Labute approximate surface area is 201 Å². The molecule has 0 aliphatic carbocycles. The number of nitrogens with one attached hydrogen (secondary N) is 1. The molecular weight excluding hydrogens is 479 g/mol. The van der Waals surface area contributed by atoms with Crippen LogP contribution >= 0.6 is 0 Å². The van der Waals surface area contributed by atoms with Gasteiger partial charge in [0.25, 0.3) is 0 Å². The maximum Gasteiger partial charge on any atom is 0.419 e. The molecule has 0 bridgehead atoms. The highest BCUT2D eigenvalue weighted by Crippen LogP contribution is 2.32. The van der Waals surface area contributed by atoms with Crippen molar-refractivity contribution in [3.63, 3.8) is 0 Å². The van der Waals surface area contributed by atoms with Gasteiger partial charge in [-0.3, -0.25) is 4.31 Å². The minimum Gasteiger partial charge on any atom is -0.359 e. The Kier molecular flexibility index (Phi) is 6.54. The second kappa shape index (κ2) is 9.29. The fraction of sp³-hybridized carbons (Fsp3) is 0.292. The van der Waals surface area contributed by atoms with Gasteiger partial charge >= 0.3 is 6.18 Å². The van der Waals surface area contributed by atoms with E-state index in [9.17, 15) is 21.6 Å². The Balaban J connectivity index is 1.61. The minimum absolute atomic E-state index is 0.0609. The second-order valence-corrected chi connectivity index (χ2v) is 10.4. The van der Waals surface area contributed by atoms with E-state index >= 15 is 0 Å². The Morgan fingerprint density at radius 3 is 2.66 bits per heavy atom. The van der Waals surface area contributed by atoms with Gasteiger partial charge in [0.1, 0.15) is 11.6 Å². The number of halogens is 3. The second-order valence-electron chi connectivity index (χ2n) is 8.43. The Hall–Kier alpha value is -3.47. The van der Waals surface area contributed by atoms with E-state index in [1.165, 1.54) is 13.2 Å². The van der Waals surface area contributed by atoms with Crippen molar-refractivity contribution in [3.05, 3.63) is 88.8 Å². The van der Waals surface area contributed by atoms with E-state index in [4.69, 9.17) is 0 Å². The third-order valence-corrected chi connectivity index (χ3v) is 6.93. The lowest BCUT2D eigenvalue weighted by atomic mass is 10.0. The van der Waals surface area contributed by atoms with Crippen LogP contribution in [0.4, 0.5) is 24.7 Å². The number of hydrogen-bond acceptors (Lipinski definition) is 6. The smallest absolute Gasteiger partial charge is 0.359 e. The molecule has 4 rings (SSSR count). The number of benzene rings is 1. The predicted molar refractivity (Wildman–Crippen MR) is 128 cm³/mol. The van der Waals surface area contributed by atoms with Crippen LogP contribution in [0.1, 0.15) is 33.8 Å². The van der Waals surface area contributed by atoms with Gasteiger partial charge in [-0.15, -0.1) is 0 Å². The quantitative estimate of drug-likeness (QED) is 0.521. The number of hydrogen-bond donors (Lipinski definition) is 1. The van der Waals surface area contributed by atoms with Gasteiger partial charge in [-0.2, -0.15) is 13.2 Å². The van der Waals surface area contributed by atoms with Gasteiger partial charge < -0.3 is 5.32 Å². The third kappa shape index (κ3) is 5.61. The predicted octanol–water partition coefficient (Wildman–Crippen LogP) is 4.14. The van der Waals surface area contributed by atoms with Crippen LogP contribution in [0.15, 0.2) is 55.0 Å². The standard InChI is InChI=1S/C24H24F3N5O2S/c1-15-11-18-12-16(6-8-20(18)30-15)13-22-29-14-19(24(25,26)27)21(31-22)9-7-17-5-4-10-28-23(17)32(2)35(3,33)34/h4-6,8,10,12,14,30H,1,7,9,11,13H2,2-3H3. The lowest BCUT2D eigenvalue weighted by Gasteiger charge is -2.19. The summed E-state index contributed by atoms with van der Waals surface area (Å²) in [6, 6.07) is 9.03. The van der Waals surface area contributed by atoms with Crippen molar-refractivity contribution in [2.24, 2.45) is 0 Å². The van der Waals surface area contributed by atoms with Crippen LogP contribution in [0.2, 0.25) is 0 Å². The van der Waals surface area contributed by atoms with Gasteiger partial charge in [0.15, 0.2) is 0 Å². The number of fused-ring (bicyclic) bond motifs is 1. The fourth-order valence-corrected chi connectivity index (χ4v) is 4.44. The van der Waals surface area contributed by atoms with E-state index in [1.807, 2.05) is 18.2 Å². The highest BCUT2D eigenvalue weighted by Gasteiger charge is 2.35. The normalized spacial score (nSPS) is 13.5. The molecule has 0 spiro atoms. The van der Waals surface area contributed by atoms with Crippen LogP contribution in [0.3, 0.4) is 0 Å². The number of allylic oxidation sites excluding steroid dienone is 1.